The molecule has 0 radical (unpaired) electrons. The Morgan fingerprint density at radius 1 is 1.14 bits per heavy atom. The smallest absolute Gasteiger partial charge is 0.220 e. The van der Waals surface area contributed by atoms with E-state index >= 15 is 0 Å². The second-order valence-electron chi connectivity index (χ2n) is 9.67. The number of fused-ring (bicyclic) bond motifs is 1. The number of aryl methyl sites for hydroxylation is 2. The molecule has 1 N–H and O–H groups in total. The molecule has 0 fully saturated rings. The number of benzene rings is 2. The second-order valence-corrected chi connectivity index (χ2v) is 9.67. The van der Waals surface area contributed by atoms with Crippen LogP contribution in [0.2, 0.25) is 0 Å². The van der Waals surface area contributed by atoms with Crippen LogP contribution in [-0.2, 0) is 16.6 Å². The largest absolute Gasteiger partial charge is 0.487 e. The van der Waals surface area contributed by atoms with Gasteiger partial charge in [-0.2, -0.15) is 0 Å². The standard InChI is InChI=1S/C25H33NO2/c1-17-7-13-20-21(16-25(5,6)28-22(20)15-17)26-23(27)14-10-18-8-11-19(12-9-18)24(2,3)4/h7-9,11-13,15,21H,10,14,16H2,1-6H3,(H,26,27)/t21-/m0/s1. The molecule has 0 unspecified atom stereocenters. The SMILES string of the molecule is Cc1ccc2c(c1)OC(C)(C)C[C@@H]2NC(=O)CCc1ccc(C(C)(C)C)cc1. The summed E-state index contributed by atoms with van der Waals surface area (Å²) in [6.07, 6.45) is 2.02. The molecule has 1 heterocycles. The summed E-state index contributed by atoms with van der Waals surface area (Å²) >= 11 is 0. The topological polar surface area (TPSA) is 38.3 Å². The van der Waals surface area contributed by atoms with Crippen LogP contribution >= 0.6 is 0 Å². The molecule has 2 aromatic carbocycles. The van der Waals surface area contributed by atoms with E-state index in [4.69, 9.17) is 4.74 Å². The van der Waals surface area contributed by atoms with Gasteiger partial charge in [0.25, 0.3) is 0 Å². The van der Waals surface area contributed by atoms with Gasteiger partial charge in [0.05, 0.1) is 6.04 Å². The van der Waals surface area contributed by atoms with Gasteiger partial charge in [0, 0.05) is 18.4 Å². The lowest BCUT2D eigenvalue weighted by Gasteiger charge is -2.38. The Balaban J connectivity index is 1.63. The number of amides is 1. The van der Waals surface area contributed by atoms with Crippen molar-refractivity contribution in [2.45, 2.75) is 77.9 Å². The molecule has 0 saturated carbocycles. The molecule has 1 aliphatic rings. The molecule has 1 amide bonds. The van der Waals surface area contributed by atoms with E-state index in [9.17, 15) is 4.79 Å². The van der Waals surface area contributed by atoms with Crippen LogP contribution in [0, 0.1) is 6.92 Å². The Kier molecular flexibility index (Phi) is 5.56. The predicted molar refractivity (Wildman–Crippen MR) is 115 cm³/mol. The summed E-state index contributed by atoms with van der Waals surface area (Å²) in [5.41, 5.74) is 4.62. The third-order valence-electron chi connectivity index (χ3n) is 5.42. The van der Waals surface area contributed by atoms with Crippen molar-refractivity contribution in [3.63, 3.8) is 0 Å². The first-order chi connectivity index (χ1) is 13.0. The summed E-state index contributed by atoms with van der Waals surface area (Å²) in [6.45, 7) is 12.9. The fourth-order valence-electron chi connectivity index (χ4n) is 3.78. The van der Waals surface area contributed by atoms with Crippen molar-refractivity contribution >= 4 is 5.91 Å². The van der Waals surface area contributed by atoms with E-state index in [0.717, 1.165) is 24.2 Å². The second kappa shape index (κ2) is 7.62. The molecular weight excluding hydrogens is 346 g/mol. The highest BCUT2D eigenvalue weighted by atomic mass is 16.5. The van der Waals surface area contributed by atoms with Crippen LogP contribution in [0.4, 0.5) is 0 Å². The lowest BCUT2D eigenvalue weighted by atomic mass is 9.86. The average molecular weight is 380 g/mol. The van der Waals surface area contributed by atoms with Crippen LogP contribution in [0.3, 0.4) is 0 Å². The number of hydrogen-bond donors (Lipinski definition) is 1. The Hall–Kier alpha value is -2.29. The third kappa shape index (κ3) is 4.95. The van der Waals surface area contributed by atoms with E-state index in [2.05, 4.69) is 89.3 Å². The van der Waals surface area contributed by atoms with Crippen molar-refractivity contribution in [3.05, 3.63) is 64.7 Å². The summed E-state index contributed by atoms with van der Waals surface area (Å²) in [5.74, 6) is 0.980. The van der Waals surface area contributed by atoms with Gasteiger partial charge in [0.15, 0.2) is 0 Å². The minimum Gasteiger partial charge on any atom is -0.487 e. The molecule has 0 aromatic heterocycles. The van der Waals surface area contributed by atoms with Crippen molar-refractivity contribution in [1.82, 2.24) is 5.32 Å². The highest BCUT2D eigenvalue weighted by Crippen LogP contribution is 2.39. The Labute approximate surface area is 169 Å². The van der Waals surface area contributed by atoms with Crippen LogP contribution < -0.4 is 10.1 Å². The van der Waals surface area contributed by atoms with E-state index in [1.54, 1.807) is 0 Å². The molecule has 150 valence electrons. The molecule has 1 atom stereocenters. The average Bonchev–Trinajstić information content (AvgIpc) is 2.58. The third-order valence-corrected chi connectivity index (χ3v) is 5.42. The Bertz CT molecular complexity index is 844. The maximum Gasteiger partial charge on any atom is 0.220 e. The van der Waals surface area contributed by atoms with E-state index in [0.29, 0.717) is 6.42 Å². The van der Waals surface area contributed by atoms with Gasteiger partial charge in [-0.15, -0.1) is 0 Å². The molecule has 0 bridgehead atoms. The Morgan fingerprint density at radius 2 is 1.82 bits per heavy atom. The lowest BCUT2D eigenvalue weighted by Crippen LogP contribution is -2.41. The zero-order valence-electron chi connectivity index (χ0n) is 18.1. The van der Waals surface area contributed by atoms with Crippen molar-refractivity contribution < 1.29 is 9.53 Å². The van der Waals surface area contributed by atoms with Crippen LogP contribution in [-0.4, -0.2) is 11.5 Å². The summed E-state index contributed by atoms with van der Waals surface area (Å²) < 4.78 is 6.13. The first-order valence-electron chi connectivity index (χ1n) is 10.2. The van der Waals surface area contributed by atoms with E-state index < -0.39 is 0 Å². The monoisotopic (exact) mass is 379 g/mol. The maximum atomic E-state index is 12.6. The molecule has 0 saturated heterocycles. The first kappa shape index (κ1) is 20.4. The molecule has 3 rings (SSSR count). The van der Waals surface area contributed by atoms with Crippen LogP contribution in [0.1, 0.15) is 75.8 Å². The summed E-state index contributed by atoms with van der Waals surface area (Å²) in [5, 5.41) is 3.24. The number of rotatable bonds is 4. The van der Waals surface area contributed by atoms with Gasteiger partial charge >= 0.3 is 0 Å². The van der Waals surface area contributed by atoms with E-state index in [1.807, 2.05) is 0 Å². The fourth-order valence-corrected chi connectivity index (χ4v) is 3.78. The minimum absolute atomic E-state index is 0.00452. The van der Waals surface area contributed by atoms with E-state index in [1.165, 1.54) is 16.7 Å². The number of carbonyl (C=O) groups is 1. The number of carbonyl (C=O) groups excluding carboxylic acids is 1. The number of hydrogen-bond acceptors (Lipinski definition) is 2. The molecule has 2 aromatic rings. The van der Waals surface area contributed by atoms with Gasteiger partial charge in [0.2, 0.25) is 5.91 Å². The van der Waals surface area contributed by atoms with Gasteiger partial charge in [-0.05, 0) is 55.4 Å². The Morgan fingerprint density at radius 3 is 2.46 bits per heavy atom. The van der Waals surface area contributed by atoms with Gasteiger partial charge in [-0.1, -0.05) is 57.2 Å². The van der Waals surface area contributed by atoms with Crippen LogP contribution in [0.15, 0.2) is 42.5 Å². The first-order valence-corrected chi connectivity index (χ1v) is 10.2. The molecule has 28 heavy (non-hydrogen) atoms. The zero-order chi connectivity index (χ0) is 20.5. The maximum absolute atomic E-state index is 12.6. The van der Waals surface area contributed by atoms with Gasteiger partial charge in [0.1, 0.15) is 11.4 Å². The molecule has 3 nitrogen and oxygen atoms in total. The molecule has 3 heteroatoms. The predicted octanol–water partition coefficient (Wildman–Crippen LogP) is 5.64. The normalized spacial score (nSPS) is 18.1. The number of ether oxygens (including phenoxy) is 1. The fraction of sp³-hybridized carbons (Fsp3) is 0.480. The van der Waals surface area contributed by atoms with Crippen molar-refractivity contribution in [3.8, 4) is 5.75 Å². The highest BCUT2D eigenvalue weighted by Gasteiger charge is 2.34. The summed E-state index contributed by atoms with van der Waals surface area (Å²) in [6, 6.07) is 14.8. The lowest BCUT2D eigenvalue weighted by molar-refractivity contribution is -0.122. The molecular formula is C25H33NO2. The zero-order valence-corrected chi connectivity index (χ0v) is 18.1. The summed E-state index contributed by atoms with van der Waals surface area (Å²) in [7, 11) is 0. The van der Waals surface area contributed by atoms with Gasteiger partial charge < -0.3 is 10.1 Å². The highest BCUT2D eigenvalue weighted by molar-refractivity contribution is 5.77. The van der Waals surface area contributed by atoms with E-state index in [-0.39, 0.29) is 23.0 Å². The molecule has 0 aliphatic carbocycles. The van der Waals surface area contributed by atoms with Gasteiger partial charge in [-0.3, -0.25) is 4.79 Å². The quantitative estimate of drug-likeness (QED) is 0.746. The van der Waals surface area contributed by atoms with Gasteiger partial charge in [-0.25, -0.2) is 0 Å². The molecule has 1 aliphatic heterocycles. The minimum atomic E-state index is -0.290. The van der Waals surface area contributed by atoms with Crippen molar-refractivity contribution in [1.29, 1.82) is 0 Å². The summed E-state index contributed by atoms with van der Waals surface area (Å²) in [4.78, 5) is 12.6. The van der Waals surface area contributed by atoms with Crippen LogP contribution in [0.5, 0.6) is 5.75 Å². The van der Waals surface area contributed by atoms with Crippen molar-refractivity contribution in [2.75, 3.05) is 0 Å². The van der Waals surface area contributed by atoms with Crippen molar-refractivity contribution in [2.24, 2.45) is 0 Å². The molecule has 0 spiro atoms. The number of nitrogens with one attached hydrogen (secondary N) is 1. The van der Waals surface area contributed by atoms with Crippen LogP contribution in [0.25, 0.3) is 0 Å².